The van der Waals surface area contributed by atoms with Crippen LogP contribution in [0.3, 0.4) is 0 Å². The van der Waals surface area contributed by atoms with Crippen molar-refractivity contribution in [1.82, 2.24) is 9.55 Å². The van der Waals surface area contributed by atoms with E-state index in [9.17, 15) is 14.4 Å². The van der Waals surface area contributed by atoms with Gasteiger partial charge >= 0.3 is 5.97 Å². The minimum atomic E-state index is -0.633. The molecule has 0 atom stereocenters. The average Bonchev–Trinajstić information content (AvgIpc) is 3.22. The molecular weight excluding hydrogens is 402 g/mol. The molecule has 0 aliphatic rings. The first-order chi connectivity index (χ1) is 14.5. The number of thioether (sulfide) groups is 1. The summed E-state index contributed by atoms with van der Waals surface area (Å²) in [6.45, 7) is 1.36. The zero-order valence-corrected chi connectivity index (χ0v) is 17.4. The highest BCUT2D eigenvalue weighted by Gasteiger charge is 2.20. The number of ketones is 1. The van der Waals surface area contributed by atoms with Crippen LogP contribution in [0.1, 0.15) is 34.2 Å². The highest BCUT2D eigenvalue weighted by Crippen LogP contribution is 2.22. The molecule has 7 nitrogen and oxygen atoms in total. The first-order valence-corrected chi connectivity index (χ1v) is 10.5. The molecule has 0 spiro atoms. The number of carbonyl (C=O) groups is 3. The summed E-state index contributed by atoms with van der Waals surface area (Å²) in [4.78, 5) is 40.7. The van der Waals surface area contributed by atoms with E-state index in [1.54, 1.807) is 35.8 Å². The van der Waals surface area contributed by atoms with Gasteiger partial charge < -0.3 is 10.1 Å². The number of aromatic nitrogens is 2. The number of hydrogen-bond acceptors (Lipinski definition) is 6. The number of carbonyl (C=O) groups excluding carboxylic acids is 3. The van der Waals surface area contributed by atoms with Crippen molar-refractivity contribution in [3.8, 4) is 5.69 Å². The van der Waals surface area contributed by atoms with Gasteiger partial charge in [-0.15, -0.1) is 0 Å². The SMILES string of the molecule is CCC(=O)Nc1ccc(C(=O)COC(=O)c2cnc(SC)n2-c2ccccc2)cc1. The summed E-state index contributed by atoms with van der Waals surface area (Å²) in [7, 11) is 0. The largest absolute Gasteiger partial charge is 0.453 e. The molecule has 0 aliphatic carbocycles. The molecule has 1 heterocycles. The predicted octanol–water partition coefficient (Wildman–Crippen LogP) is 3.98. The molecule has 0 saturated carbocycles. The lowest BCUT2D eigenvalue weighted by molar-refractivity contribution is -0.115. The van der Waals surface area contributed by atoms with Crippen molar-refractivity contribution in [2.75, 3.05) is 18.2 Å². The van der Waals surface area contributed by atoms with Crippen molar-refractivity contribution in [2.45, 2.75) is 18.5 Å². The summed E-state index contributed by atoms with van der Waals surface area (Å²) in [6.07, 6.45) is 3.68. The molecule has 0 fully saturated rings. The number of benzene rings is 2. The molecule has 3 aromatic rings. The molecule has 0 bridgehead atoms. The monoisotopic (exact) mass is 423 g/mol. The Morgan fingerprint density at radius 2 is 1.77 bits per heavy atom. The van der Waals surface area contributed by atoms with Crippen molar-refractivity contribution in [3.63, 3.8) is 0 Å². The summed E-state index contributed by atoms with van der Waals surface area (Å²) >= 11 is 1.40. The Morgan fingerprint density at radius 1 is 1.07 bits per heavy atom. The zero-order chi connectivity index (χ0) is 21.5. The summed E-state index contributed by atoms with van der Waals surface area (Å²) in [5.74, 6) is -1.08. The molecule has 1 N–H and O–H groups in total. The minimum Gasteiger partial charge on any atom is -0.453 e. The number of nitrogens with one attached hydrogen (secondary N) is 1. The number of ether oxygens (including phenoxy) is 1. The molecule has 1 aromatic heterocycles. The quantitative estimate of drug-likeness (QED) is 0.335. The van der Waals surface area contributed by atoms with Gasteiger partial charge in [-0.2, -0.15) is 0 Å². The molecule has 0 unspecified atom stereocenters. The summed E-state index contributed by atoms with van der Waals surface area (Å²) in [5.41, 5.74) is 2.02. The first kappa shape index (κ1) is 21.3. The molecule has 0 saturated heterocycles. The molecule has 30 heavy (non-hydrogen) atoms. The van der Waals surface area contributed by atoms with E-state index in [0.717, 1.165) is 5.69 Å². The van der Waals surface area contributed by atoms with Crippen LogP contribution in [0.2, 0.25) is 0 Å². The van der Waals surface area contributed by atoms with E-state index in [-0.39, 0.29) is 17.4 Å². The minimum absolute atomic E-state index is 0.109. The number of imidazole rings is 1. The van der Waals surface area contributed by atoms with Crippen molar-refractivity contribution in [3.05, 3.63) is 72.1 Å². The average molecular weight is 423 g/mol. The van der Waals surface area contributed by atoms with E-state index in [1.165, 1.54) is 18.0 Å². The van der Waals surface area contributed by atoms with Crippen LogP contribution >= 0.6 is 11.8 Å². The van der Waals surface area contributed by atoms with Crippen LogP contribution in [0.5, 0.6) is 0 Å². The number of para-hydroxylation sites is 1. The van der Waals surface area contributed by atoms with Gasteiger partial charge in [-0.3, -0.25) is 14.2 Å². The Labute approximate surface area is 178 Å². The van der Waals surface area contributed by atoms with E-state index < -0.39 is 12.6 Å². The number of hydrogen-bond donors (Lipinski definition) is 1. The summed E-state index contributed by atoms with van der Waals surface area (Å²) in [5, 5.41) is 3.35. The third-order valence-electron chi connectivity index (χ3n) is 4.28. The lowest BCUT2D eigenvalue weighted by Crippen LogP contribution is -2.17. The Bertz CT molecular complexity index is 1050. The van der Waals surface area contributed by atoms with Crippen LogP contribution in [0, 0.1) is 0 Å². The molecule has 0 aliphatic heterocycles. The van der Waals surface area contributed by atoms with Crippen molar-refractivity contribution < 1.29 is 19.1 Å². The second-order valence-corrected chi connectivity index (χ2v) is 7.05. The number of rotatable bonds is 8. The van der Waals surface area contributed by atoms with Gasteiger partial charge in [-0.05, 0) is 42.7 Å². The van der Waals surface area contributed by atoms with Gasteiger partial charge in [-0.25, -0.2) is 9.78 Å². The van der Waals surface area contributed by atoms with Crippen molar-refractivity contribution >= 4 is 35.1 Å². The van der Waals surface area contributed by atoms with Crippen LogP contribution < -0.4 is 5.32 Å². The van der Waals surface area contributed by atoms with Gasteiger partial charge in [0.15, 0.2) is 23.2 Å². The Hall–Kier alpha value is -3.39. The van der Waals surface area contributed by atoms with Crippen LogP contribution in [-0.4, -0.2) is 40.1 Å². The molecule has 2 aromatic carbocycles. The van der Waals surface area contributed by atoms with E-state index in [0.29, 0.717) is 22.8 Å². The second-order valence-electron chi connectivity index (χ2n) is 6.28. The van der Waals surface area contributed by atoms with Crippen molar-refractivity contribution in [1.29, 1.82) is 0 Å². The highest BCUT2D eigenvalue weighted by molar-refractivity contribution is 7.98. The fourth-order valence-electron chi connectivity index (χ4n) is 2.73. The Morgan fingerprint density at radius 3 is 2.40 bits per heavy atom. The maximum atomic E-state index is 12.6. The zero-order valence-electron chi connectivity index (χ0n) is 16.6. The van der Waals surface area contributed by atoms with Gasteiger partial charge in [0.25, 0.3) is 0 Å². The van der Waals surface area contributed by atoms with Gasteiger partial charge in [0.05, 0.1) is 6.20 Å². The fraction of sp³-hybridized carbons (Fsp3) is 0.182. The predicted molar refractivity (Wildman–Crippen MR) is 115 cm³/mol. The number of nitrogens with zero attached hydrogens (tertiary/aromatic N) is 2. The third kappa shape index (κ3) is 4.96. The van der Waals surface area contributed by atoms with Gasteiger partial charge in [0.2, 0.25) is 5.91 Å². The standard InChI is InChI=1S/C22H21N3O4S/c1-3-20(27)24-16-11-9-15(10-12-16)19(26)14-29-21(28)18-13-23-22(30-2)25(18)17-7-5-4-6-8-17/h4-13H,3,14H2,1-2H3,(H,24,27). The third-order valence-corrected chi connectivity index (χ3v) is 4.93. The van der Waals surface area contributed by atoms with E-state index in [2.05, 4.69) is 10.3 Å². The lowest BCUT2D eigenvalue weighted by atomic mass is 10.1. The maximum Gasteiger partial charge on any atom is 0.357 e. The topological polar surface area (TPSA) is 90.3 Å². The van der Waals surface area contributed by atoms with Crippen LogP contribution in [0.15, 0.2) is 66.0 Å². The normalized spacial score (nSPS) is 10.5. The van der Waals surface area contributed by atoms with Crippen LogP contribution in [-0.2, 0) is 9.53 Å². The number of Topliss-reactive ketones (excluding diaryl/α,β-unsaturated/α-hetero) is 1. The molecule has 154 valence electrons. The number of amides is 1. The second kappa shape index (κ2) is 9.89. The first-order valence-electron chi connectivity index (χ1n) is 9.31. The Balaban J connectivity index is 1.68. The number of anilines is 1. The van der Waals surface area contributed by atoms with E-state index in [4.69, 9.17) is 4.74 Å². The van der Waals surface area contributed by atoms with Crippen LogP contribution in [0.25, 0.3) is 5.69 Å². The van der Waals surface area contributed by atoms with E-state index >= 15 is 0 Å². The molecule has 1 amide bonds. The smallest absolute Gasteiger partial charge is 0.357 e. The van der Waals surface area contributed by atoms with Crippen LogP contribution in [0.4, 0.5) is 5.69 Å². The molecular formula is C22H21N3O4S. The molecule has 8 heteroatoms. The Kier molecular flexibility index (Phi) is 7.03. The summed E-state index contributed by atoms with van der Waals surface area (Å²) < 4.78 is 6.95. The molecule has 3 rings (SSSR count). The van der Waals surface area contributed by atoms with Crippen molar-refractivity contribution in [2.24, 2.45) is 0 Å². The number of esters is 1. The van der Waals surface area contributed by atoms with Gasteiger partial charge in [0, 0.05) is 23.4 Å². The lowest BCUT2D eigenvalue weighted by Gasteiger charge is -2.10. The fourth-order valence-corrected chi connectivity index (χ4v) is 3.27. The molecule has 0 radical (unpaired) electrons. The maximum absolute atomic E-state index is 12.6. The van der Waals surface area contributed by atoms with Gasteiger partial charge in [-0.1, -0.05) is 36.9 Å². The van der Waals surface area contributed by atoms with E-state index in [1.807, 2.05) is 36.6 Å². The highest BCUT2D eigenvalue weighted by atomic mass is 32.2. The van der Waals surface area contributed by atoms with Gasteiger partial charge in [0.1, 0.15) is 0 Å². The summed E-state index contributed by atoms with van der Waals surface area (Å²) in [6, 6.07) is 15.8.